The Hall–Kier alpha value is -1.89. The molecule has 7 nitrogen and oxygen atoms in total. The summed E-state index contributed by atoms with van der Waals surface area (Å²) in [7, 11) is 0. The molecule has 2 unspecified atom stereocenters. The summed E-state index contributed by atoms with van der Waals surface area (Å²) < 4.78 is 1.46. The van der Waals surface area contributed by atoms with Gasteiger partial charge in [-0.15, -0.1) is 0 Å². The highest BCUT2D eigenvalue weighted by atomic mass is 16.4. The monoisotopic (exact) mass is 253 g/mol. The Bertz CT molecular complexity index is 445. The zero-order valence-electron chi connectivity index (χ0n) is 9.93. The number of rotatable bonds is 3. The molecule has 2 N–H and O–H groups in total. The quantitative estimate of drug-likeness (QED) is 0.756. The second-order valence-corrected chi connectivity index (χ2v) is 4.40. The van der Waals surface area contributed by atoms with Gasteiger partial charge in [-0.05, 0) is 13.0 Å². The Morgan fingerprint density at radius 3 is 2.78 bits per heavy atom. The van der Waals surface area contributed by atoms with Crippen molar-refractivity contribution in [1.82, 2.24) is 14.7 Å². The van der Waals surface area contributed by atoms with Crippen LogP contribution in [0.4, 0.5) is 0 Å². The SMILES string of the molecule is CC(C(=O)N1CC(O)C[C@H]1C(=O)O)n1cccn1. The van der Waals surface area contributed by atoms with Gasteiger partial charge in [-0.1, -0.05) is 0 Å². The van der Waals surface area contributed by atoms with Crippen molar-refractivity contribution in [2.45, 2.75) is 31.5 Å². The van der Waals surface area contributed by atoms with Gasteiger partial charge in [-0.2, -0.15) is 5.10 Å². The molecule has 7 heteroatoms. The molecule has 2 rings (SSSR count). The minimum Gasteiger partial charge on any atom is -0.480 e. The lowest BCUT2D eigenvalue weighted by molar-refractivity contribution is -0.149. The Morgan fingerprint density at radius 1 is 1.50 bits per heavy atom. The molecule has 0 aromatic carbocycles. The van der Waals surface area contributed by atoms with Gasteiger partial charge in [-0.3, -0.25) is 9.48 Å². The molecule has 0 spiro atoms. The maximum atomic E-state index is 12.2. The summed E-state index contributed by atoms with van der Waals surface area (Å²) in [5.74, 6) is -1.43. The number of carboxylic acids is 1. The summed E-state index contributed by atoms with van der Waals surface area (Å²) in [5.41, 5.74) is 0. The molecule has 1 aliphatic heterocycles. The predicted molar refractivity (Wildman–Crippen MR) is 60.7 cm³/mol. The molecule has 1 aromatic rings. The highest BCUT2D eigenvalue weighted by molar-refractivity contribution is 5.86. The van der Waals surface area contributed by atoms with Crippen LogP contribution >= 0.6 is 0 Å². The first-order valence-corrected chi connectivity index (χ1v) is 5.71. The zero-order valence-corrected chi connectivity index (χ0v) is 9.93. The van der Waals surface area contributed by atoms with E-state index in [1.54, 1.807) is 25.4 Å². The predicted octanol–water partition coefficient (Wildman–Crippen LogP) is -0.510. The number of aliphatic hydroxyl groups excluding tert-OH is 1. The molecular formula is C11H15N3O4. The molecule has 0 bridgehead atoms. The normalized spacial score (nSPS) is 25.1. The number of carbonyl (C=O) groups excluding carboxylic acids is 1. The lowest BCUT2D eigenvalue weighted by Crippen LogP contribution is -2.43. The van der Waals surface area contributed by atoms with E-state index in [1.807, 2.05) is 0 Å². The third-order valence-corrected chi connectivity index (χ3v) is 3.13. The van der Waals surface area contributed by atoms with Gasteiger partial charge in [0.25, 0.3) is 0 Å². The minimum absolute atomic E-state index is 0.0570. The Labute approximate surface area is 104 Å². The molecule has 2 heterocycles. The average molecular weight is 253 g/mol. The van der Waals surface area contributed by atoms with Crippen LogP contribution in [0, 0.1) is 0 Å². The van der Waals surface area contributed by atoms with Crippen molar-refractivity contribution in [3.05, 3.63) is 18.5 Å². The van der Waals surface area contributed by atoms with E-state index in [4.69, 9.17) is 5.11 Å². The van der Waals surface area contributed by atoms with E-state index in [-0.39, 0.29) is 18.9 Å². The van der Waals surface area contributed by atoms with Crippen LogP contribution in [-0.2, 0) is 9.59 Å². The Balaban J connectivity index is 2.15. The van der Waals surface area contributed by atoms with Gasteiger partial charge in [0.1, 0.15) is 12.1 Å². The molecule has 1 aliphatic rings. The van der Waals surface area contributed by atoms with Gasteiger partial charge in [0.05, 0.1) is 6.10 Å². The second kappa shape index (κ2) is 4.77. The van der Waals surface area contributed by atoms with Crippen LogP contribution in [0.25, 0.3) is 0 Å². The maximum Gasteiger partial charge on any atom is 0.326 e. The first-order valence-electron chi connectivity index (χ1n) is 5.71. The summed E-state index contributed by atoms with van der Waals surface area (Å²) >= 11 is 0. The third kappa shape index (κ3) is 2.21. The van der Waals surface area contributed by atoms with Gasteiger partial charge in [0, 0.05) is 25.4 Å². The molecule has 98 valence electrons. The summed E-state index contributed by atoms with van der Waals surface area (Å²) in [5, 5.41) is 22.5. The van der Waals surface area contributed by atoms with Crippen LogP contribution in [0.15, 0.2) is 18.5 Å². The maximum absolute atomic E-state index is 12.2. The van der Waals surface area contributed by atoms with E-state index in [9.17, 15) is 14.7 Å². The molecule has 3 atom stereocenters. The largest absolute Gasteiger partial charge is 0.480 e. The van der Waals surface area contributed by atoms with Crippen molar-refractivity contribution in [3.8, 4) is 0 Å². The first kappa shape index (κ1) is 12.6. The van der Waals surface area contributed by atoms with E-state index in [1.165, 1.54) is 9.58 Å². The van der Waals surface area contributed by atoms with Crippen molar-refractivity contribution >= 4 is 11.9 Å². The van der Waals surface area contributed by atoms with Crippen LogP contribution in [-0.4, -0.2) is 55.5 Å². The second-order valence-electron chi connectivity index (χ2n) is 4.40. The number of carbonyl (C=O) groups is 2. The summed E-state index contributed by atoms with van der Waals surface area (Å²) in [6.07, 6.45) is 2.49. The van der Waals surface area contributed by atoms with Crippen molar-refractivity contribution in [2.24, 2.45) is 0 Å². The summed E-state index contributed by atoms with van der Waals surface area (Å²) in [6, 6.07) is 0.162. The van der Waals surface area contributed by atoms with E-state index < -0.39 is 24.2 Å². The molecule has 1 fully saturated rings. The van der Waals surface area contributed by atoms with E-state index in [2.05, 4.69) is 5.10 Å². The fourth-order valence-electron chi connectivity index (χ4n) is 2.15. The molecule has 1 saturated heterocycles. The zero-order chi connectivity index (χ0) is 13.3. The summed E-state index contributed by atoms with van der Waals surface area (Å²) in [4.78, 5) is 24.4. The topological polar surface area (TPSA) is 95.7 Å². The lowest BCUT2D eigenvalue weighted by atomic mass is 10.2. The molecule has 1 aromatic heterocycles. The lowest BCUT2D eigenvalue weighted by Gasteiger charge is -2.24. The van der Waals surface area contributed by atoms with Crippen molar-refractivity contribution < 1.29 is 19.8 Å². The smallest absolute Gasteiger partial charge is 0.326 e. The van der Waals surface area contributed by atoms with Crippen LogP contribution in [0.2, 0.25) is 0 Å². The third-order valence-electron chi connectivity index (χ3n) is 3.13. The average Bonchev–Trinajstić information content (AvgIpc) is 2.95. The molecule has 1 amide bonds. The fraction of sp³-hybridized carbons (Fsp3) is 0.545. The van der Waals surface area contributed by atoms with E-state index in [0.29, 0.717) is 0 Å². The van der Waals surface area contributed by atoms with Crippen molar-refractivity contribution in [1.29, 1.82) is 0 Å². The highest BCUT2D eigenvalue weighted by Crippen LogP contribution is 2.21. The Kier molecular flexibility index (Phi) is 3.33. The van der Waals surface area contributed by atoms with Crippen LogP contribution < -0.4 is 0 Å². The van der Waals surface area contributed by atoms with Gasteiger partial charge in [-0.25, -0.2) is 4.79 Å². The number of hydrogen-bond donors (Lipinski definition) is 2. The molecule has 0 saturated carbocycles. The van der Waals surface area contributed by atoms with Crippen LogP contribution in [0.3, 0.4) is 0 Å². The van der Waals surface area contributed by atoms with Crippen molar-refractivity contribution in [3.63, 3.8) is 0 Å². The highest BCUT2D eigenvalue weighted by Gasteiger charge is 2.40. The standard InChI is InChI=1S/C11H15N3O4/c1-7(14-4-2-3-12-14)10(16)13-6-8(15)5-9(13)11(17)18/h2-4,7-9,15H,5-6H2,1H3,(H,17,18)/t7?,8?,9-/m0/s1. The van der Waals surface area contributed by atoms with Crippen molar-refractivity contribution in [2.75, 3.05) is 6.54 Å². The number of likely N-dealkylation sites (tertiary alicyclic amines) is 1. The van der Waals surface area contributed by atoms with E-state index in [0.717, 1.165) is 0 Å². The molecule has 18 heavy (non-hydrogen) atoms. The number of aromatic nitrogens is 2. The van der Waals surface area contributed by atoms with Gasteiger partial charge in [0.15, 0.2) is 0 Å². The fourth-order valence-corrected chi connectivity index (χ4v) is 2.15. The molecule has 0 aliphatic carbocycles. The van der Waals surface area contributed by atoms with Gasteiger partial charge >= 0.3 is 5.97 Å². The minimum atomic E-state index is -1.09. The Morgan fingerprint density at radius 2 is 2.22 bits per heavy atom. The van der Waals surface area contributed by atoms with Crippen LogP contribution in [0.1, 0.15) is 19.4 Å². The summed E-state index contributed by atoms with van der Waals surface area (Å²) in [6.45, 7) is 1.71. The number of nitrogens with zero attached hydrogens (tertiary/aromatic N) is 3. The first-order chi connectivity index (χ1) is 8.50. The number of hydrogen-bond acceptors (Lipinski definition) is 4. The molecule has 0 radical (unpaired) electrons. The number of aliphatic carboxylic acids is 1. The van der Waals surface area contributed by atoms with E-state index >= 15 is 0 Å². The number of β-amino-alcohol motifs (C(OH)–C–C–N with tert-alkyl or cyclic N) is 1. The number of aliphatic hydroxyl groups is 1. The van der Waals surface area contributed by atoms with Crippen LogP contribution in [0.5, 0.6) is 0 Å². The van der Waals surface area contributed by atoms with Gasteiger partial charge < -0.3 is 15.1 Å². The number of amides is 1. The molecular weight excluding hydrogens is 238 g/mol. The number of carboxylic acid groups (broad SMARTS) is 1. The van der Waals surface area contributed by atoms with Gasteiger partial charge in [0.2, 0.25) is 5.91 Å².